The average Bonchev–Trinajstić information content (AvgIpc) is 3.19. The van der Waals surface area contributed by atoms with E-state index in [1.807, 2.05) is 0 Å². The number of fused-ring (bicyclic) bond motifs is 1. The van der Waals surface area contributed by atoms with E-state index in [4.69, 9.17) is 10.5 Å². The Morgan fingerprint density at radius 1 is 1.28 bits per heavy atom. The normalized spacial score (nSPS) is 27.9. The highest BCUT2D eigenvalue weighted by Crippen LogP contribution is 2.36. The predicted molar refractivity (Wildman–Crippen MR) is 97.3 cm³/mol. The Morgan fingerprint density at radius 3 is 2.66 bits per heavy atom. The molecule has 7 nitrogen and oxygen atoms in total. The van der Waals surface area contributed by atoms with E-state index in [2.05, 4.69) is 4.98 Å². The monoisotopic (exact) mass is 430 g/mol. The highest BCUT2D eigenvalue weighted by Gasteiger charge is 2.45. The van der Waals surface area contributed by atoms with Gasteiger partial charge in [0.15, 0.2) is 0 Å². The minimum Gasteiger partial charge on any atom is -0.370 e. The molecular formula is C18H21F3N4O3S. The number of sulfone groups is 1. The van der Waals surface area contributed by atoms with Gasteiger partial charge in [-0.15, -0.1) is 0 Å². The molecule has 0 aliphatic carbocycles. The second kappa shape index (κ2) is 7.08. The highest BCUT2D eigenvalue weighted by molar-refractivity contribution is 7.90. The van der Waals surface area contributed by atoms with Gasteiger partial charge >= 0.3 is 0 Å². The smallest absolute Gasteiger partial charge is 0.227 e. The fraction of sp³-hybridized carbons (Fsp3) is 0.500. The number of hydrogen-bond acceptors (Lipinski definition) is 6. The molecule has 0 amide bonds. The summed E-state index contributed by atoms with van der Waals surface area (Å²) in [5, 5.41) is -0.0304. The fourth-order valence-corrected chi connectivity index (χ4v) is 4.94. The van der Waals surface area contributed by atoms with E-state index in [-0.39, 0.29) is 30.4 Å². The quantitative estimate of drug-likeness (QED) is 0.788. The van der Waals surface area contributed by atoms with Crippen LogP contribution >= 0.6 is 0 Å². The summed E-state index contributed by atoms with van der Waals surface area (Å²) in [6.07, 6.45) is -1.57. The van der Waals surface area contributed by atoms with Crippen LogP contribution in [0.1, 0.15) is 23.1 Å². The first kappa shape index (κ1) is 20.3. The first-order valence-electron chi connectivity index (χ1n) is 9.02. The molecule has 4 rings (SSSR count). The van der Waals surface area contributed by atoms with Gasteiger partial charge in [-0.1, -0.05) is 0 Å². The highest BCUT2D eigenvalue weighted by atomic mass is 32.2. The summed E-state index contributed by atoms with van der Waals surface area (Å²) in [6, 6.07) is 1.00. The Balaban J connectivity index is 1.52. The molecule has 158 valence electrons. The Bertz CT molecular complexity index is 1060. The third kappa shape index (κ3) is 3.45. The lowest BCUT2D eigenvalue weighted by Crippen LogP contribution is -2.57. The molecule has 0 radical (unpaired) electrons. The van der Waals surface area contributed by atoms with Gasteiger partial charge < -0.3 is 15.0 Å². The predicted octanol–water partition coefficient (Wildman–Crippen LogP) is 1.22. The van der Waals surface area contributed by atoms with E-state index in [1.165, 1.54) is 4.57 Å². The molecule has 1 unspecified atom stereocenters. The minimum atomic E-state index is -3.47. The molecule has 3 heterocycles. The van der Waals surface area contributed by atoms with E-state index < -0.39 is 45.8 Å². The van der Waals surface area contributed by atoms with Gasteiger partial charge in [0, 0.05) is 32.0 Å². The van der Waals surface area contributed by atoms with E-state index in [9.17, 15) is 17.2 Å². The molecule has 2 N–H and O–H groups in total. The summed E-state index contributed by atoms with van der Waals surface area (Å²) in [7, 11) is -1.87. The molecule has 0 spiro atoms. The van der Waals surface area contributed by atoms with Crippen molar-refractivity contribution >= 4 is 9.84 Å². The average molecular weight is 430 g/mol. The van der Waals surface area contributed by atoms with Crippen molar-refractivity contribution < 1.29 is 26.3 Å². The zero-order valence-electron chi connectivity index (χ0n) is 15.8. The van der Waals surface area contributed by atoms with Crippen LogP contribution in [0.3, 0.4) is 0 Å². The summed E-state index contributed by atoms with van der Waals surface area (Å²) in [4.78, 5) is 5.95. The summed E-state index contributed by atoms with van der Waals surface area (Å²) in [6.45, 7) is 0.468. The van der Waals surface area contributed by atoms with Gasteiger partial charge in [0.2, 0.25) is 15.0 Å². The summed E-state index contributed by atoms with van der Waals surface area (Å²) in [5.41, 5.74) is 7.15. The Labute approximate surface area is 166 Å². The zero-order chi connectivity index (χ0) is 21.1. The number of ether oxygens (including phenoxy) is 1. The Hall–Kier alpha value is -1.95. The number of hydrogen-bond donors (Lipinski definition) is 1. The summed E-state index contributed by atoms with van der Waals surface area (Å²) < 4.78 is 73.5. The molecule has 29 heavy (non-hydrogen) atoms. The lowest BCUT2D eigenvalue weighted by atomic mass is 9.91. The van der Waals surface area contributed by atoms with Crippen molar-refractivity contribution in [1.82, 2.24) is 14.5 Å². The molecule has 4 atom stereocenters. The molecule has 1 fully saturated rings. The molecule has 0 bridgehead atoms. The third-order valence-electron chi connectivity index (χ3n) is 5.56. The number of halogens is 3. The second-order valence-corrected chi connectivity index (χ2v) is 9.44. The van der Waals surface area contributed by atoms with Crippen LogP contribution in [0.4, 0.5) is 13.2 Å². The third-order valence-corrected chi connectivity index (χ3v) is 6.59. The second-order valence-electron chi connectivity index (χ2n) is 7.53. The van der Waals surface area contributed by atoms with Crippen LogP contribution in [0.2, 0.25) is 0 Å². The van der Waals surface area contributed by atoms with Crippen molar-refractivity contribution in [2.75, 3.05) is 12.9 Å². The van der Waals surface area contributed by atoms with Crippen molar-refractivity contribution in [2.24, 2.45) is 12.8 Å². The lowest BCUT2D eigenvalue weighted by molar-refractivity contribution is -0.0934. The maximum absolute atomic E-state index is 15.2. The van der Waals surface area contributed by atoms with Crippen molar-refractivity contribution in [3.8, 4) is 0 Å². The van der Waals surface area contributed by atoms with Crippen molar-refractivity contribution in [2.45, 2.75) is 42.6 Å². The zero-order valence-corrected chi connectivity index (χ0v) is 16.7. The van der Waals surface area contributed by atoms with E-state index in [0.717, 1.165) is 24.5 Å². The van der Waals surface area contributed by atoms with Crippen LogP contribution in [0.5, 0.6) is 0 Å². The van der Waals surface area contributed by atoms with Gasteiger partial charge in [0.05, 0.1) is 30.1 Å². The topological polar surface area (TPSA) is 90.5 Å². The van der Waals surface area contributed by atoms with Crippen LogP contribution in [-0.4, -0.2) is 54.0 Å². The standard InChI is InChI=1S/C18H21F3N4O3S/c1-24-13-7-25(6-12(13)23-18(24)29(2,26)27)14-8-28-17(16(22)15(14)21)10-5-9(19)3-4-11(10)20/h3-5,14-17H,6-8,22H2,1-2H3/t14-,15?,16-,17+/m0/s1. The molecule has 0 saturated carbocycles. The van der Waals surface area contributed by atoms with E-state index in [1.54, 1.807) is 11.9 Å². The van der Waals surface area contributed by atoms with Crippen molar-refractivity contribution in [1.29, 1.82) is 0 Å². The summed E-state index contributed by atoms with van der Waals surface area (Å²) in [5.74, 6) is -1.36. The van der Waals surface area contributed by atoms with Crippen molar-refractivity contribution in [3.05, 3.63) is 46.8 Å². The number of rotatable bonds is 3. The molecule has 1 aromatic heterocycles. The van der Waals surface area contributed by atoms with Crippen LogP contribution in [0.15, 0.2) is 23.4 Å². The Kier molecular flexibility index (Phi) is 4.96. The SMILES string of the molecule is Cn1c(S(C)(=O)=O)nc2c1CN([C@H]1CO[C@H](c3cc(F)ccc3F)[C@@H](N)C1F)C2. The number of nitrogens with two attached hydrogens (primary N) is 1. The molecule has 2 aliphatic rings. The van der Waals surface area contributed by atoms with E-state index >= 15 is 4.39 Å². The minimum absolute atomic E-state index is 0.0304. The molecule has 2 aromatic rings. The molecule has 1 saturated heterocycles. The van der Waals surface area contributed by atoms with Crippen LogP contribution < -0.4 is 5.73 Å². The Morgan fingerprint density at radius 2 is 2.00 bits per heavy atom. The first-order valence-corrected chi connectivity index (χ1v) is 10.9. The molecule has 1 aromatic carbocycles. The fourth-order valence-electron chi connectivity index (χ4n) is 4.06. The van der Waals surface area contributed by atoms with Crippen LogP contribution in [0, 0.1) is 11.6 Å². The first-order chi connectivity index (χ1) is 13.6. The number of imidazole rings is 1. The van der Waals surface area contributed by atoms with Crippen LogP contribution in [0.25, 0.3) is 0 Å². The molecule has 2 aliphatic heterocycles. The number of alkyl halides is 1. The van der Waals surface area contributed by atoms with Crippen molar-refractivity contribution in [3.63, 3.8) is 0 Å². The number of aromatic nitrogens is 2. The van der Waals surface area contributed by atoms with Gasteiger partial charge in [-0.2, -0.15) is 0 Å². The maximum atomic E-state index is 15.2. The van der Waals surface area contributed by atoms with Gasteiger partial charge in [0.1, 0.15) is 23.9 Å². The molecular weight excluding hydrogens is 409 g/mol. The van der Waals surface area contributed by atoms with Gasteiger partial charge in [-0.3, -0.25) is 4.90 Å². The lowest BCUT2D eigenvalue weighted by Gasteiger charge is -2.41. The van der Waals surface area contributed by atoms with Gasteiger partial charge in [-0.05, 0) is 18.2 Å². The number of nitrogens with zero attached hydrogens (tertiary/aromatic N) is 3. The van der Waals surface area contributed by atoms with E-state index in [0.29, 0.717) is 11.4 Å². The molecule has 11 heteroatoms. The van der Waals surface area contributed by atoms with Gasteiger partial charge in [0.25, 0.3) is 0 Å². The largest absolute Gasteiger partial charge is 0.370 e. The van der Waals surface area contributed by atoms with Gasteiger partial charge in [-0.25, -0.2) is 26.6 Å². The maximum Gasteiger partial charge on any atom is 0.227 e. The summed E-state index contributed by atoms with van der Waals surface area (Å²) >= 11 is 0. The van der Waals surface area contributed by atoms with Crippen LogP contribution in [-0.2, 0) is 34.7 Å². The number of benzene rings is 1.